The average molecular weight is 385 g/mol. The molecule has 2 aliphatic rings. The fourth-order valence-electron chi connectivity index (χ4n) is 3.29. The lowest BCUT2D eigenvalue weighted by molar-refractivity contribution is -0.134. The van der Waals surface area contributed by atoms with Crippen LogP contribution in [0.5, 0.6) is 5.75 Å². The van der Waals surface area contributed by atoms with Gasteiger partial charge in [0.1, 0.15) is 5.75 Å². The Hall–Kier alpha value is -2.41. The largest absolute Gasteiger partial charge is 0.484 e. The van der Waals surface area contributed by atoms with Gasteiger partial charge >= 0.3 is 0 Å². The lowest BCUT2D eigenvalue weighted by atomic mass is 9.85. The first-order valence-electron chi connectivity index (χ1n) is 9.36. The van der Waals surface area contributed by atoms with Gasteiger partial charge < -0.3 is 15.0 Å². The van der Waals surface area contributed by atoms with E-state index in [2.05, 4.69) is 10.3 Å². The number of carbonyl (C=O) groups excluding carboxylic acids is 2. The molecule has 2 amide bonds. The maximum absolute atomic E-state index is 12.5. The molecule has 1 fully saturated rings. The van der Waals surface area contributed by atoms with Crippen molar-refractivity contribution in [1.29, 1.82) is 0 Å². The molecule has 1 aromatic carbocycles. The van der Waals surface area contributed by atoms with E-state index in [-0.39, 0.29) is 24.3 Å². The molecule has 0 atom stereocenters. The number of amides is 2. The molecule has 0 radical (unpaired) electrons. The summed E-state index contributed by atoms with van der Waals surface area (Å²) in [6, 6.07) is 7.68. The molecule has 0 bridgehead atoms. The average Bonchev–Trinajstić information content (AvgIpc) is 3.00. The Morgan fingerprint density at radius 3 is 2.89 bits per heavy atom. The first kappa shape index (κ1) is 18.0. The van der Waals surface area contributed by atoms with Gasteiger partial charge in [-0.3, -0.25) is 9.59 Å². The number of nitrogens with zero attached hydrogens (tertiary/aromatic N) is 2. The van der Waals surface area contributed by atoms with Gasteiger partial charge in [0.25, 0.3) is 5.91 Å². The van der Waals surface area contributed by atoms with Crippen molar-refractivity contribution in [2.75, 3.05) is 18.5 Å². The summed E-state index contributed by atoms with van der Waals surface area (Å²) in [6.07, 6.45) is 3.79. The van der Waals surface area contributed by atoms with E-state index in [1.54, 1.807) is 4.90 Å². The van der Waals surface area contributed by atoms with Gasteiger partial charge in [-0.25, -0.2) is 4.98 Å². The molecule has 142 valence electrons. The molecule has 6 nitrogen and oxygen atoms in total. The molecule has 1 aromatic heterocycles. The van der Waals surface area contributed by atoms with Crippen molar-refractivity contribution in [3.05, 3.63) is 40.4 Å². The number of anilines is 1. The molecule has 0 saturated heterocycles. The van der Waals surface area contributed by atoms with Crippen LogP contribution in [-0.2, 0) is 22.6 Å². The molecule has 1 N–H and O–H groups in total. The molecule has 1 aliphatic carbocycles. The van der Waals surface area contributed by atoms with Gasteiger partial charge in [0.2, 0.25) is 5.91 Å². The van der Waals surface area contributed by atoms with E-state index in [1.807, 2.05) is 31.2 Å². The lowest BCUT2D eigenvalue weighted by Crippen LogP contribution is -2.38. The predicted molar refractivity (Wildman–Crippen MR) is 104 cm³/mol. The number of hydrogen-bond acceptors (Lipinski definition) is 5. The van der Waals surface area contributed by atoms with E-state index in [9.17, 15) is 9.59 Å². The number of aromatic nitrogens is 1. The van der Waals surface area contributed by atoms with E-state index >= 15 is 0 Å². The third-order valence-electron chi connectivity index (χ3n) is 5.23. The summed E-state index contributed by atoms with van der Waals surface area (Å²) in [4.78, 5) is 32.0. The number of ether oxygens (including phenoxy) is 1. The lowest BCUT2D eigenvalue weighted by Gasteiger charge is -2.26. The van der Waals surface area contributed by atoms with Crippen LogP contribution in [0, 0.1) is 12.8 Å². The number of nitrogens with one attached hydrogen (secondary N) is 1. The van der Waals surface area contributed by atoms with Crippen LogP contribution in [0.25, 0.3) is 0 Å². The molecule has 2 aromatic rings. The number of fused-ring (bicyclic) bond motifs is 1. The SMILES string of the molecule is Cc1ccccc1OCC(=O)N1CCc2nc(NC(=O)C3CCC3)sc2C1. The Morgan fingerprint density at radius 2 is 2.15 bits per heavy atom. The van der Waals surface area contributed by atoms with Crippen molar-refractivity contribution in [1.82, 2.24) is 9.88 Å². The number of hydrogen-bond donors (Lipinski definition) is 1. The fourth-order valence-corrected chi connectivity index (χ4v) is 4.32. The molecule has 7 heteroatoms. The highest BCUT2D eigenvalue weighted by Gasteiger charge is 2.28. The zero-order chi connectivity index (χ0) is 18.8. The van der Waals surface area contributed by atoms with E-state index < -0.39 is 0 Å². The van der Waals surface area contributed by atoms with Gasteiger partial charge in [-0.15, -0.1) is 0 Å². The minimum atomic E-state index is -0.0302. The Labute approximate surface area is 162 Å². The van der Waals surface area contributed by atoms with Gasteiger partial charge in [-0.2, -0.15) is 0 Å². The minimum Gasteiger partial charge on any atom is -0.484 e. The summed E-state index contributed by atoms with van der Waals surface area (Å²) in [6.45, 7) is 3.15. The summed E-state index contributed by atoms with van der Waals surface area (Å²) in [7, 11) is 0. The molecule has 4 rings (SSSR count). The zero-order valence-corrected chi connectivity index (χ0v) is 16.2. The van der Waals surface area contributed by atoms with E-state index in [0.29, 0.717) is 24.6 Å². The second-order valence-electron chi connectivity index (χ2n) is 7.13. The normalized spacial score (nSPS) is 16.4. The van der Waals surface area contributed by atoms with E-state index in [1.165, 1.54) is 11.3 Å². The van der Waals surface area contributed by atoms with Gasteiger partial charge in [0.05, 0.1) is 12.2 Å². The topological polar surface area (TPSA) is 71.5 Å². The Kier molecular flexibility index (Phi) is 5.11. The third-order valence-corrected chi connectivity index (χ3v) is 6.23. The summed E-state index contributed by atoms with van der Waals surface area (Å²) < 4.78 is 5.68. The Morgan fingerprint density at radius 1 is 1.33 bits per heavy atom. The number of thiazole rings is 1. The molecule has 1 saturated carbocycles. The van der Waals surface area contributed by atoms with Crippen LogP contribution in [0.15, 0.2) is 24.3 Å². The highest BCUT2D eigenvalue weighted by atomic mass is 32.1. The first-order valence-corrected chi connectivity index (χ1v) is 10.2. The summed E-state index contributed by atoms with van der Waals surface area (Å²) >= 11 is 1.48. The number of aryl methyl sites for hydroxylation is 1. The number of rotatable bonds is 5. The monoisotopic (exact) mass is 385 g/mol. The number of carbonyl (C=O) groups is 2. The molecular formula is C20H23N3O3S. The van der Waals surface area contributed by atoms with Gasteiger partial charge in [0, 0.05) is 23.8 Å². The minimum absolute atomic E-state index is 0.0302. The Balaban J connectivity index is 1.34. The maximum atomic E-state index is 12.5. The van der Waals surface area contributed by atoms with Crippen LogP contribution in [0.3, 0.4) is 0 Å². The molecule has 2 heterocycles. The van der Waals surface area contributed by atoms with Gasteiger partial charge in [-0.1, -0.05) is 36.0 Å². The van der Waals surface area contributed by atoms with Crippen LogP contribution < -0.4 is 10.1 Å². The standard InChI is InChI=1S/C20H23N3O3S/c1-13-5-2-3-8-16(13)26-12-18(24)23-10-9-15-17(11-23)27-20(21-15)22-19(25)14-6-4-7-14/h2-3,5,8,14H,4,6-7,9-12H2,1H3,(H,21,22,25). The van der Waals surface area contributed by atoms with Gasteiger partial charge in [-0.05, 0) is 31.4 Å². The zero-order valence-electron chi connectivity index (χ0n) is 15.4. The van der Waals surface area contributed by atoms with Crippen LogP contribution in [0.2, 0.25) is 0 Å². The van der Waals surface area contributed by atoms with Crippen LogP contribution >= 0.6 is 11.3 Å². The third kappa shape index (κ3) is 3.98. The molecule has 1 aliphatic heterocycles. The van der Waals surface area contributed by atoms with Crippen LogP contribution in [0.4, 0.5) is 5.13 Å². The van der Waals surface area contributed by atoms with Crippen molar-refractivity contribution >= 4 is 28.3 Å². The van der Waals surface area contributed by atoms with Crippen molar-refractivity contribution in [3.8, 4) is 5.75 Å². The predicted octanol–water partition coefficient (Wildman–Crippen LogP) is 3.15. The second-order valence-corrected chi connectivity index (χ2v) is 8.21. The van der Waals surface area contributed by atoms with Crippen molar-refractivity contribution in [3.63, 3.8) is 0 Å². The van der Waals surface area contributed by atoms with Crippen LogP contribution in [-0.4, -0.2) is 34.8 Å². The number of benzene rings is 1. The smallest absolute Gasteiger partial charge is 0.260 e. The number of para-hydroxylation sites is 1. The summed E-state index contributed by atoms with van der Waals surface area (Å²) in [5.41, 5.74) is 2.01. The van der Waals surface area contributed by atoms with Crippen LogP contribution in [0.1, 0.15) is 35.4 Å². The summed E-state index contributed by atoms with van der Waals surface area (Å²) in [5, 5.41) is 3.59. The van der Waals surface area contributed by atoms with Crippen molar-refractivity contribution < 1.29 is 14.3 Å². The fraction of sp³-hybridized carbons (Fsp3) is 0.450. The van der Waals surface area contributed by atoms with E-state index in [0.717, 1.165) is 41.1 Å². The first-order chi connectivity index (χ1) is 13.1. The highest BCUT2D eigenvalue weighted by Crippen LogP contribution is 2.31. The molecule has 0 spiro atoms. The maximum Gasteiger partial charge on any atom is 0.260 e. The second kappa shape index (κ2) is 7.68. The van der Waals surface area contributed by atoms with Gasteiger partial charge in [0.15, 0.2) is 11.7 Å². The highest BCUT2D eigenvalue weighted by molar-refractivity contribution is 7.15. The Bertz CT molecular complexity index is 860. The van der Waals surface area contributed by atoms with Crippen molar-refractivity contribution in [2.24, 2.45) is 5.92 Å². The summed E-state index contributed by atoms with van der Waals surface area (Å²) in [5.74, 6) is 0.925. The molecule has 27 heavy (non-hydrogen) atoms. The van der Waals surface area contributed by atoms with Crippen molar-refractivity contribution in [2.45, 2.75) is 39.2 Å². The molecule has 0 unspecified atom stereocenters. The quantitative estimate of drug-likeness (QED) is 0.858. The van der Waals surface area contributed by atoms with E-state index in [4.69, 9.17) is 4.74 Å². The molecular weight excluding hydrogens is 362 g/mol.